The van der Waals surface area contributed by atoms with Gasteiger partial charge in [0.2, 0.25) is 0 Å². The summed E-state index contributed by atoms with van der Waals surface area (Å²) in [7, 11) is 0. The highest BCUT2D eigenvalue weighted by Crippen LogP contribution is 2.22. The van der Waals surface area contributed by atoms with Gasteiger partial charge in [-0.15, -0.1) is 0 Å². The number of amides is 2. The molecule has 1 fully saturated rings. The first-order valence-electron chi connectivity index (χ1n) is 5.39. The second-order valence-corrected chi connectivity index (χ2v) is 4.13. The van der Waals surface area contributed by atoms with Crippen LogP contribution in [0.4, 0.5) is 16.2 Å². The summed E-state index contributed by atoms with van der Waals surface area (Å²) in [5, 5.41) is 16.0. The van der Waals surface area contributed by atoms with Crippen LogP contribution in [0, 0.1) is 17.0 Å². The fourth-order valence-electron chi connectivity index (χ4n) is 1.43. The minimum atomic E-state index is -0.483. The first-order valence-corrected chi connectivity index (χ1v) is 5.39. The maximum atomic E-state index is 11.5. The molecule has 0 atom stereocenters. The fourth-order valence-corrected chi connectivity index (χ4v) is 1.43. The summed E-state index contributed by atoms with van der Waals surface area (Å²) in [6, 6.07) is 4.34. The molecule has 0 heterocycles. The van der Waals surface area contributed by atoms with Crippen molar-refractivity contribution in [3.05, 3.63) is 33.9 Å². The standard InChI is InChI=1S/C11H13N3O3/c1-7-2-5-9(14(16)17)6-10(7)13-11(15)12-8-3-4-8/h2,5-6,8H,3-4H2,1H3,(H2,12,13,15). The van der Waals surface area contributed by atoms with Gasteiger partial charge < -0.3 is 10.6 Å². The van der Waals surface area contributed by atoms with Crippen LogP contribution in [0.2, 0.25) is 0 Å². The molecule has 0 spiro atoms. The quantitative estimate of drug-likeness (QED) is 0.622. The van der Waals surface area contributed by atoms with Gasteiger partial charge in [0.05, 0.1) is 10.6 Å². The zero-order chi connectivity index (χ0) is 12.4. The molecular weight excluding hydrogens is 222 g/mol. The molecule has 2 rings (SSSR count). The number of nitro groups is 1. The van der Waals surface area contributed by atoms with Crippen LogP contribution in [0.1, 0.15) is 18.4 Å². The molecule has 1 saturated carbocycles. The topological polar surface area (TPSA) is 84.3 Å². The van der Waals surface area contributed by atoms with Crippen molar-refractivity contribution in [3.63, 3.8) is 0 Å². The van der Waals surface area contributed by atoms with E-state index in [-0.39, 0.29) is 17.8 Å². The smallest absolute Gasteiger partial charge is 0.319 e. The third-order valence-corrected chi connectivity index (χ3v) is 2.59. The highest BCUT2D eigenvalue weighted by atomic mass is 16.6. The van der Waals surface area contributed by atoms with Gasteiger partial charge in [-0.2, -0.15) is 0 Å². The van der Waals surface area contributed by atoms with Gasteiger partial charge >= 0.3 is 6.03 Å². The minimum Gasteiger partial charge on any atom is -0.335 e. The summed E-state index contributed by atoms with van der Waals surface area (Å²) < 4.78 is 0. The molecule has 0 saturated heterocycles. The van der Waals surface area contributed by atoms with E-state index >= 15 is 0 Å². The SMILES string of the molecule is Cc1ccc([N+](=O)[O-])cc1NC(=O)NC1CC1. The summed E-state index contributed by atoms with van der Waals surface area (Å²) in [6.07, 6.45) is 2.00. The molecule has 2 amide bonds. The van der Waals surface area contributed by atoms with Crippen LogP contribution < -0.4 is 10.6 Å². The number of rotatable bonds is 3. The Morgan fingerprint density at radius 2 is 2.18 bits per heavy atom. The number of non-ortho nitro benzene ring substituents is 1. The second-order valence-electron chi connectivity index (χ2n) is 4.13. The lowest BCUT2D eigenvalue weighted by Crippen LogP contribution is -2.30. The molecule has 2 N–H and O–H groups in total. The first kappa shape index (κ1) is 11.4. The average Bonchev–Trinajstić information content (AvgIpc) is 3.04. The first-order chi connectivity index (χ1) is 8.06. The number of benzene rings is 1. The summed E-state index contributed by atoms with van der Waals surface area (Å²) in [5.74, 6) is 0. The van der Waals surface area contributed by atoms with Gasteiger partial charge in [0.25, 0.3) is 5.69 Å². The van der Waals surface area contributed by atoms with E-state index in [1.54, 1.807) is 13.0 Å². The molecule has 90 valence electrons. The summed E-state index contributed by atoms with van der Waals surface area (Å²) in [5.41, 5.74) is 1.23. The van der Waals surface area contributed by atoms with Gasteiger partial charge in [-0.1, -0.05) is 6.07 Å². The lowest BCUT2D eigenvalue weighted by Gasteiger charge is -2.08. The largest absolute Gasteiger partial charge is 0.335 e. The van der Waals surface area contributed by atoms with Crippen LogP contribution in [0.15, 0.2) is 18.2 Å². The lowest BCUT2D eigenvalue weighted by atomic mass is 10.2. The third-order valence-electron chi connectivity index (χ3n) is 2.59. The fraction of sp³-hybridized carbons (Fsp3) is 0.364. The van der Waals surface area contributed by atoms with E-state index in [0.29, 0.717) is 5.69 Å². The van der Waals surface area contributed by atoms with Crippen molar-refractivity contribution in [2.75, 3.05) is 5.32 Å². The van der Waals surface area contributed by atoms with E-state index in [4.69, 9.17) is 0 Å². The zero-order valence-electron chi connectivity index (χ0n) is 9.40. The Hall–Kier alpha value is -2.11. The number of hydrogen-bond donors (Lipinski definition) is 2. The molecule has 0 bridgehead atoms. The van der Waals surface area contributed by atoms with Crippen molar-refractivity contribution in [2.24, 2.45) is 0 Å². The van der Waals surface area contributed by atoms with E-state index in [1.165, 1.54) is 12.1 Å². The Balaban J connectivity index is 2.09. The van der Waals surface area contributed by atoms with Crippen molar-refractivity contribution in [1.82, 2.24) is 5.32 Å². The molecule has 1 aliphatic carbocycles. The van der Waals surface area contributed by atoms with E-state index in [1.807, 2.05) is 0 Å². The normalized spacial score (nSPS) is 14.2. The van der Waals surface area contributed by atoms with Crippen molar-refractivity contribution < 1.29 is 9.72 Å². The number of aryl methyl sites for hydroxylation is 1. The van der Waals surface area contributed by atoms with Crippen LogP contribution in [0.25, 0.3) is 0 Å². The van der Waals surface area contributed by atoms with Crippen molar-refractivity contribution in [3.8, 4) is 0 Å². The molecule has 1 aromatic rings. The van der Waals surface area contributed by atoms with Crippen LogP contribution >= 0.6 is 0 Å². The molecule has 0 aliphatic heterocycles. The molecule has 0 unspecified atom stereocenters. The zero-order valence-corrected chi connectivity index (χ0v) is 9.40. The Bertz CT molecular complexity index is 469. The maximum absolute atomic E-state index is 11.5. The molecule has 6 nitrogen and oxygen atoms in total. The van der Waals surface area contributed by atoms with Crippen LogP contribution in [0.3, 0.4) is 0 Å². The van der Waals surface area contributed by atoms with E-state index < -0.39 is 4.92 Å². The summed E-state index contributed by atoms with van der Waals surface area (Å²) >= 11 is 0. The highest BCUT2D eigenvalue weighted by molar-refractivity contribution is 5.90. The number of nitrogens with one attached hydrogen (secondary N) is 2. The predicted molar refractivity (Wildman–Crippen MR) is 63.0 cm³/mol. The number of nitrogens with zero attached hydrogens (tertiary/aromatic N) is 1. The second kappa shape index (κ2) is 4.40. The Morgan fingerprint density at radius 1 is 1.47 bits per heavy atom. The van der Waals surface area contributed by atoms with Crippen molar-refractivity contribution >= 4 is 17.4 Å². The van der Waals surface area contributed by atoms with E-state index in [9.17, 15) is 14.9 Å². The van der Waals surface area contributed by atoms with Crippen LogP contribution in [-0.4, -0.2) is 17.0 Å². The van der Waals surface area contributed by atoms with Gasteiger partial charge in [-0.25, -0.2) is 4.79 Å². The Morgan fingerprint density at radius 3 is 2.76 bits per heavy atom. The number of nitro benzene ring substituents is 1. The lowest BCUT2D eigenvalue weighted by molar-refractivity contribution is -0.384. The molecule has 1 aromatic carbocycles. The molecule has 0 radical (unpaired) electrons. The van der Waals surface area contributed by atoms with Crippen LogP contribution in [0.5, 0.6) is 0 Å². The molecule has 17 heavy (non-hydrogen) atoms. The van der Waals surface area contributed by atoms with Gasteiger partial charge in [0, 0.05) is 18.2 Å². The average molecular weight is 235 g/mol. The molecular formula is C11H13N3O3. The summed E-state index contributed by atoms with van der Waals surface area (Å²) in [4.78, 5) is 21.6. The monoisotopic (exact) mass is 235 g/mol. The molecule has 1 aliphatic rings. The summed E-state index contributed by atoms with van der Waals surface area (Å²) in [6.45, 7) is 1.79. The third kappa shape index (κ3) is 2.93. The van der Waals surface area contributed by atoms with Crippen molar-refractivity contribution in [1.29, 1.82) is 0 Å². The van der Waals surface area contributed by atoms with E-state index in [0.717, 1.165) is 18.4 Å². The van der Waals surface area contributed by atoms with Gasteiger partial charge in [-0.3, -0.25) is 10.1 Å². The Kier molecular flexibility index (Phi) is 2.95. The number of carbonyl (C=O) groups excluding carboxylic acids is 1. The maximum Gasteiger partial charge on any atom is 0.319 e. The number of urea groups is 1. The van der Waals surface area contributed by atoms with Gasteiger partial charge in [-0.05, 0) is 25.3 Å². The predicted octanol–water partition coefficient (Wildman–Crippen LogP) is 2.19. The molecule has 6 heteroatoms. The number of carbonyl (C=O) groups is 1. The van der Waals surface area contributed by atoms with Crippen molar-refractivity contribution in [2.45, 2.75) is 25.8 Å². The van der Waals surface area contributed by atoms with Crippen LogP contribution in [-0.2, 0) is 0 Å². The highest BCUT2D eigenvalue weighted by Gasteiger charge is 2.23. The van der Waals surface area contributed by atoms with Gasteiger partial charge in [0.1, 0.15) is 0 Å². The minimum absolute atomic E-state index is 0.0303. The Labute approximate surface area is 98.2 Å². The van der Waals surface area contributed by atoms with Gasteiger partial charge in [0.15, 0.2) is 0 Å². The number of anilines is 1. The van der Waals surface area contributed by atoms with E-state index in [2.05, 4.69) is 10.6 Å². The number of hydrogen-bond acceptors (Lipinski definition) is 3. The molecule has 0 aromatic heterocycles.